The van der Waals surface area contributed by atoms with E-state index in [9.17, 15) is 13.6 Å². The molecule has 104 valence electrons. The van der Waals surface area contributed by atoms with Gasteiger partial charge in [-0.25, -0.2) is 8.78 Å². The highest BCUT2D eigenvalue weighted by Gasteiger charge is 2.08. The molecule has 0 atom stereocenters. The van der Waals surface area contributed by atoms with Crippen LogP contribution in [-0.2, 0) is 4.79 Å². The van der Waals surface area contributed by atoms with Crippen LogP contribution in [0.4, 0.5) is 14.5 Å². The largest absolute Gasteiger partial charge is 0.484 e. The lowest BCUT2D eigenvalue weighted by atomic mass is 10.3. The number of rotatable bonds is 4. The minimum absolute atomic E-state index is 0.207. The van der Waals surface area contributed by atoms with Gasteiger partial charge < -0.3 is 10.1 Å². The van der Waals surface area contributed by atoms with Gasteiger partial charge in [0.15, 0.2) is 6.61 Å². The van der Waals surface area contributed by atoms with Crippen molar-refractivity contribution in [2.45, 2.75) is 0 Å². The lowest BCUT2D eigenvalue weighted by Crippen LogP contribution is -2.20. The van der Waals surface area contributed by atoms with Crippen molar-refractivity contribution in [3.05, 3.63) is 57.7 Å². The summed E-state index contributed by atoms with van der Waals surface area (Å²) in [5.74, 6) is -1.36. The maximum Gasteiger partial charge on any atom is 0.262 e. The molecule has 0 heterocycles. The smallest absolute Gasteiger partial charge is 0.262 e. The van der Waals surface area contributed by atoms with Crippen LogP contribution in [0.25, 0.3) is 0 Å². The van der Waals surface area contributed by atoms with Crippen molar-refractivity contribution in [2.75, 3.05) is 11.9 Å². The fourth-order valence-electron chi connectivity index (χ4n) is 1.46. The molecule has 0 radical (unpaired) electrons. The van der Waals surface area contributed by atoms with E-state index < -0.39 is 17.5 Å². The molecule has 0 aromatic heterocycles. The highest BCUT2D eigenvalue weighted by molar-refractivity contribution is 14.1. The molecule has 2 aromatic rings. The van der Waals surface area contributed by atoms with Crippen molar-refractivity contribution in [3.8, 4) is 5.75 Å². The molecule has 0 aliphatic rings. The van der Waals surface area contributed by atoms with Crippen molar-refractivity contribution in [1.29, 1.82) is 0 Å². The van der Waals surface area contributed by atoms with Crippen LogP contribution >= 0.6 is 22.6 Å². The Kier molecular flexibility index (Phi) is 4.89. The fraction of sp³-hybridized carbons (Fsp3) is 0.0714. The zero-order valence-electron chi connectivity index (χ0n) is 10.2. The molecule has 2 rings (SSSR count). The van der Waals surface area contributed by atoms with Crippen molar-refractivity contribution in [1.82, 2.24) is 0 Å². The highest BCUT2D eigenvalue weighted by Crippen LogP contribution is 2.16. The van der Waals surface area contributed by atoms with Gasteiger partial charge in [0.25, 0.3) is 5.91 Å². The molecule has 1 amide bonds. The van der Waals surface area contributed by atoms with Gasteiger partial charge in [0.05, 0.1) is 5.69 Å². The summed E-state index contributed by atoms with van der Waals surface area (Å²) in [5.41, 5.74) is -0.207. The average molecular weight is 389 g/mol. The summed E-state index contributed by atoms with van der Waals surface area (Å²) in [5, 5.41) is 2.25. The van der Waals surface area contributed by atoms with Crippen molar-refractivity contribution >= 4 is 34.2 Å². The van der Waals surface area contributed by atoms with E-state index in [0.717, 1.165) is 21.8 Å². The SMILES string of the molecule is O=C(COc1ccc(I)cc1)Nc1cc(F)ccc1F. The van der Waals surface area contributed by atoms with Gasteiger partial charge >= 0.3 is 0 Å². The summed E-state index contributed by atoms with van der Waals surface area (Å²) < 4.78 is 32.5. The van der Waals surface area contributed by atoms with Gasteiger partial charge in [-0.1, -0.05) is 0 Å². The standard InChI is InChI=1S/C14H10F2INO2/c15-9-1-6-12(16)13(7-9)18-14(19)8-20-11-4-2-10(17)3-5-11/h1-7H,8H2,(H,18,19). The second-order valence-electron chi connectivity index (χ2n) is 3.91. The first-order valence-electron chi connectivity index (χ1n) is 5.68. The Morgan fingerprint density at radius 1 is 1.15 bits per heavy atom. The van der Waals surface area contributed by atoms with Crippen LogP contribution < -0.4 is 10.1 Å². The molecular weight excluding hydrogens is 379 g/mol. The Hall–Kier alpha value is -1.70. The Balaban J connectivity index is 1.92. The summed E-state index contributed by atoms with van der Waals surface area (Å²) in [6.45, 7) is -0.281. The van der Waals surface area contributed by atoms with Gasteiger partial charge in [-0.15, -0.1) is 0 Å². The number of ether oxygens (including phenoxy) is 1. The lowest BCUT2D eigenvalue weighted by molar-refractivity contribution is -0.118. The predicted octanol–water partition coefficient (Wildman–Crippen LogP) is 3.59. The van der Waals surface area contributed by atoms with E-state index in [-0.39, 0.29) is 12.3 Å². The van der Waals surface area contributed by atoms with Gasteiger partial charge in [-0.2, -0.15) is 0 Å². The molecule has 20 heavy (non-hydrogen) atoms. The normalized spacial score (nSPS) is 10.2. The first kappa shape index (κ1) is 14.7. The van der Waals surface area contributed by atoms with Crippen LogP contribution in [0.5, 0.6) is 5.75 Å². The molecule has 1 N–H and O–H groups in total. The van der Waals surface area contributed by atoms with E-state index in [1.54, 1.807) is 12.1 Å². The van der Waals surface area contributed by atoms with Crippen LogP contribution in [0.3, 0.4) is 0 Å². The minimum Gasteiger partial charge on any atom is -0.484 e. The van der Waals surface area contributed by atoms with Gasteiger partial charge in [-0.05, 0) is 59.0 Å². The molecule has 6 heteroatoms. The second kappa shape index (κ2) is 6.65. The molecule has 0 saturated carbocycles. The molecule has 0 aliphatic carbocycles. The zero-order chi connectivity index (χ0) is 14.5. The van der Waals surface area contributed by atoms with E-state index in [1.807, 2.05) is 12.1 Å². The van der Waals surface area contributed by atoms with Crippen molar-refractivity contribution < 1.29 is 18.3 Å². The molecule has 0 unspecified atom stereocenters. The number of carbonyl (C=O) groups is 1. The van der Waals surface area contributed by atoms with E-state index in [4.69, 9.17) is 4.74 Å². The van der Waals surface area contributed by atoms with Gasteiger partial charge in [0.1, 0.15) is 17.4 Å². The van der Waals surface area contributed by atoms with E-state index >= 15 is 0 Å². The summed E-state index contributed by atoms with van der Waals surface area (Å²) in [6, 6.07) is 9.95. The molecule has 2 aromatic carbocycles. The first-order chi connectivity index (χ1) is 9.54. The summed E-state index contributed by atoms with van der Waals surface area (Å²) in [4.78, 5) is 11.6. The predicted molar refractivity (Wildman–Crippen MR) is 79.6 cm³/mol. The maximum atomic E-state index is 13.3. The number of carbonyl (C=O) groups excluding carboxylic acids is 1. The average Bonchev–Trinajstić information content (AvgIpc) is 2.42. The number of benzene rings is 2. The van der Waals surface area contributed by atoms with Gasteiger partial charge in [0.2, 0.25) is 0 Å². The Morgan fingerprint density at radius 2 is 1.85 bits per heavy atom. The zero-order valence-corrected chi connectivity index (χ0v) is 12.4. The third-order valence-corrected chi connectivity index (χ3v) is 3.11. The highest BCUT2D eigenvalue weighted by atomic mass is 127. The van der Waals surface area contributed by atoms with Gasteiger partial charge in [0, 0.05) is 9.64 Å². The van der Waals surface area contributed by atoms with E-state index in [1.165, 1.54) is 0 Å². The summed E-state index contributed by atoms with van der Waals surface area (Å²) >= 11 is 2.15. The maximum absolute atomic E-state index is 13.3. The topological polar surface area (TPSA) is 38.3 Å². The number of nitrogens with one attached hydrogen (secondary N) is 1. The minimum atomic E-state index is -0.700. The van der Waals surface area contributed by atoms with Crippen LogP contribution in [0.2, 0.25) is 0 Å². The summed E-state index contributed by atoms with van der Waals surface area (Å²) in [7, 11) is 0. The quantitative estimate of drug-likeness (QED) is 0.812. The Bertz CT molecular complexity index is 617. The molecule has 0 saturated heterocycles. The van der Waals surface area contributed by atoms with Gasteiger partial charge in [-0.3, -0.25) is 4.79 Å². The van der Waals surface area contributed by atoms with E-state index in [0.29, 0.717) is 5.75 Å². The second-order valence-corrected chi connectivity index (χ2v) is 5.16. The number of anilines is 1. The van der Waals surface area contributed by atoms with E-state index in [2.05, 4.69) is 27.9 Å². The Morgan fingerprint density at radius 3 is 2.55 bits per heavy atom. The van der Waals surface area contributed by atoms with Crippen LogP contribution in [-0.4, -0.2) is 12.5 Å². The summed E-state index contributed by atoms with van der Waals surface area (Å²) in [6.07, 6.45) is 0. The molecule has 0 bridgehead atoms. The van der Waals surface area contributed by atoms with Crippen molar-refractivity contribution in [3.63, 3.8) is 0 Å². The number of halogens is 3. The molecular formula is C14H10F2INO2. The Labute approximate surface area is 128 Å². The van der Waals surface area contributed by atoms with Crippen LogP contribution in [0, 0.1) is 15.2 Å². The third kappa shape index (κ3) is 4.16. The monoisotopic (exact) mass is 389 g/mol. The molecule has 3 nitrogen and oxygen atoms in total. The van der Waals surface area contributed by atoms with Crippen LogP contribution in [0.1, 0.15) is 0 Å². The van der Waals surface area contributed by atoms with Crippen LogP contribution in [0.15, 0.2) is 42.5 Å². The third-order valence-electron chi connectivity index (χ3n) is 2.39. The molecule has 0 spiro atoms. The molecule has 0 aliphatic heterocycles. The number of hydrogen-bond donors (Lipinski definition) is 1. The number of amides is 1. The first-order valence-corrected chi connectivity index (χ1v) is 6.76. The van der Waals surface area contributed by atoms with Crippen molar-refractivity contribution in [2.24, 2.45) is 0 Å². The fourth-order valence-corrected chi connectivity index (χ4v) is 1.82. The lowest BCUT2D eigenvalue weighted by Gasteiger charge is -2.08. The molecule has 0 fully saturated rings. The number of hydrogen-bond acceptors (Lipinski definition) is 2.